The summed E-state index contributed by atoms with van der Waals surface area (Å²) in [5.74, 6) is -0.298. The van der Waals surface area contributed by atoms with E-state index in [0.29, 0.717) is 11.4 Å². The number of rotatable bonds is 4. The van der Waals surface area contributed by atoms with E-state index >= 15 is 0 Å². The van der Waals surface area contributed by atoms with Crippen molar-refractivity contribution in [1.82, 2.24) is 0 Å². The molecule has 6 heteroatoms. The molecule has 2 aromatic carbocycles. The van der Waals surface area contributed by atoms with Crippen LogP contribution in [0.15, 0.2) is 60.0 Å². The topological polar surface area (TPSA) is 43.4 Å². The van der Waals surface area contributed by atoms with Crippen molar-refractivity contribution >= 4 is 34.0 Å². The van der Waals surface area contributed by atoms with Crippen molar-refractivity contribution in [2.24, 2.45) is 0 Å². The molecule has 0 saturated heterocycles. The minimum atomic E-state index is -2.43. The van der Waals surface area contributed by atoms with Gasteiger partial charge in [0.15, 0.2) is 0 Å². The first-order valence-electron chi connectivity index (χ1n) is 6.86. The molecule has 118 valence electrons. The van der Waals surface area contributed by atoms with Crippen LogP contribution >= 0.6 is 11.3 Å². The lowest BCUT2D eigenvalue weighted by Gasteiger charge is -2.26. The largest absolute Gasteiger partial charge is 0.755 e. The molecule has 3 rings (SSSR count). The molecule has 0 aliphatic heterocycles. The summed E-state index contributed by atoms with van der Waals surface area (Å²) in [6.07, 6.45) is 0. The highest BCUT2D eigenvalue weighted by Gasteiger charge is 2.15. The highest BCUT2D eigenvalue weighted by molar-refractivity contribution is 7.81. The van der Waals surface area contributed by atoms with Gasteiger partial charge < -0.3 is 4.55 Å². The van der Waals surface area contributed by atoms with Crippen LogP contribution in [0.3, 0.4) is 0 Å². The van der Waals surface area contributed by atoms with Crippen LogP contribution in [0.5, 0.6) is 0 Å². The van der Waals surface area contributed by atoms with Gasteiger partial charge in [-0.25, -0.2) is 4.39 Å². The van der Waals surface area contributed by atoms with Gasteiger partial charge in [-0.1, -0.05) is 30.3 Å². The Balaban J connectivity index is 2.01. The van der Waals surface area contributed by atoms with Crippen molar-refractivity contribution in [3.63, 3.8) is 0 Å². The molecular formula is C17H13FNO2S2-. The van der Waals surface area contributed by atoms with Crippen molar-refractivity contribution in [3.8, 4) is 10.4 Å². The Hall–Kier alpha value is -2.02. The van der Waals surface area contributed by atoms with E-state index in [9.17, 15) is 13.2 Å². The highest BCUT2D eigenvalue weighted by Crippen LogP contribution is 2.36. The standard InChI is InChI=1S/C17H14FNO2S2/c1-12-4-2-3-5-16(12)19(23(20)21)15-10-17(22-11-15)13-6-8-14(18)9-7-13/h2-11H,1H3,(H,20,21)/p-1. The minimum absolute atomic E-state index is 0.298. The maximum Gasteiger partial charge on any atom is 0.123 e. The zero-order valence-electron chi connectivity index (χ0n) is 12.2. The van der Waals surface area contributed by atoms with E-state index in [1.54, 1.807) is 35.7 Å². The number of nitrogens with zero attached hydrogens (tertiary/aromatic N) is 1. The molecule has 0 spiro atoms. The average Bonchev–Trinajstić information content (AvgIpc) is 2.99. The van der Waals surface area contributed by atoms with Crippen molar-refractivity contribution in [2.75, 3.05) is 4.31 Å². The SMILES string of the molecule is Cc1ccccc1N(c1csc(-c2ccc(F)cc2)c1)S(=O)[O-]. The van der Waals surface area contributed by atoms with Crippen molar-refractivity contribution in [2.45, 2.75) is 6.92 Å². The van der Waals surface area contributed by atoms with Crippen molar-refractivity contribution in [3.05, 3.63) is 71.4 Å². The van der Waals surface area contributed by atoms with Gasteiger partial charge in [-0.15, -0.1) is 11.3 Å². The zero-order valence-corrected chi connectivity index (χ0v) is 13.9. The Morgan fingerprint density at radius 2 is 1.83 bits per heavy atom. The number of para-hydroxylation sites is 1. The van der Waals surface area contributed by atoms with Crippen molar-refractivity contribution in [1.29, 1.82) is 0 Å². The van der Waals surface area contributed by atoms with Gasteiger partial charge in [-0.05, 0) is 42.3 Å². The van der Waals surface area contributed by atoms with Crippen molar-refractivity contribution < 1.29 is 13.2 Å². The minimum Gasteiger partial charge on any atom is -0.755 e. The molecule has 1 heterocycles. The molecule has 3 nitrogen and oxygen atoms in total. The fourth-order valence-corrected chi connectivity index (χ4v) is 3.89. The second kappa shape index (κ2) is 6.62. The van der Waals surface area contributed by atoms with Gasteiger partial charge >= 0.3 is 0 Å². The molecule has 1 atom stereocenters. The summed E-state index contributed by atoms with van der Waals surface area (Å²) in [6.45, 7) is 1.86. The molecule has 0 N–H and O–H groups in total. The normalized spacial score (nSPS) is 12.1. The van der Waals surface area contributed by atoms with Gasteiger partial charge in [-0.3, -0.25) is 8.51 Å². The van der Waals surface area contributed by atoms with E-state index < -0.39 is 11.3 Å². The Morgan fingerprint density at radius 3 is 2.48 bits per heavy atom. The second-order valence-corrected chi connectivity index (χ2v) is 6.68. The summed E-state index contributed by atoms with van der Waals surface area (Å²) in [6, 6.07) is 15.2. The lowest BCUT2D eigenvalue weighted by molar-refractivity contribution is 0.537. The maximum absolute atomic E-state index is 13.0. The molecule has 0 radical (unpaired) electrons. The van der Waals surface area contributed by atoms with E-state index in [-0.39, 0.29) is 5.82 Å². The highest BCUT2D eigenvalue weighted by atomic mass is 32.2. The van der Waals surface area contributed by atoms with Crippen LogP contribution in [0.4, 0.5) is 15.8 Å². The maximum atomic E-state index is 13.0. The van der Waals surface area contributed by atoms with Gasteiger partial charge in [0.25, 0.3) is 0 Å². The third kappa shape index (κ3) is 3.34. The van der Waals surface area contributed by atoms with Crippen LogP contribution in [-0.2, 0) is 11.3 Å². The Labute approximate surface area is 140 Å². The molecule has 0 saturated carbocycles. The van der Waals surface area contributed by atoms with Crippen LogP contribution in [0.2, 0.25) is 0 Å². The van der Waals surface area contributed by atoms with Gasteiger partial charge in [0, 0.05) is 10.3 Å². The monoisotopic (exact) mass is 346 g/mol. The van der Waals surface area contributed by atoms with Crippen LogP contribution in [0, 0.1) is 12.7 Å². The number of benzene rings is 2. The van der Waals surface area contributed by atoms with Crippen LogP contribution in [0.25, 0.3) is 10.4 Å². The smallest absolute Gasteiger partial charge is 0.123 e. The molecule has 0 fully saturated rings. The van der Waals surface area contributed by atoms with Gasteiger partial charge in [0.1, 0.15) is 5.82 Å². The molecule has 1 aromatic heterocycles. The summed E-state index contributed by atoms with van der Waals surface area (Å²) in [5.41, 5.74) is 2.90. The molecule has 0 aliphatic carbocycles. The van der Waals surface area contributed by atoms with Crippen LogP contribution in [0.1, 0.15) is 5.56 Å². The lowest BCUT2D eigenvalue weighted by Crippen LogP contribution is -2.19. The predicted octanol–water partition coefficient (Wildman–Crippen LogP) is 4.79. The summed E-state index contributed by atoms with van der Waals surface area (Å²) in [5, 5.41) is 1.78. The van der Waals surface area contributed by atoms with E-state index in [1.165, 1.54) is 27.8 Å². The third-order valence-electron chi connectivity index (χ3n) is 3.43. The quantitative estimate of drug-likeness (QED) is 0.637. The molecule has 0 bridgehead atoms. The van der Waals surface area contributed by atoms with E-state index in [2.05, 4.69) is 0 Å². The van der Waals surface area contributed by atoms with Gasteiger partial charge in [0.2, 0.25) is 0 Å². The predicted molar refractivity (Wildman–Crippen MR) is 92.0 cm³/mol. The number of halogens is 1. The number of anilines is 2. The van der Waals surface area contributed by atoms with Crippen LogP contribution < -0.4 is 4.31 Å². The molecule has 0 aliphatic rings. The average molecular weight is 346 g/mol. The van der Waals surface area contributed by atoms with E-state index in [0.717, 1.165) is 16.0 Å². The summed E-state index contributed by atoms with van der Waals surface area (Å²) in [7, 11) is 0. The van der Waals surface area contributed by atoms with Crippen LogP contribution in [-0.4, -0.2) is 8.76 Å². The molecular weight excluding hydrogens is 333 g/mol. The Bertz CT molecular complexity index is 846. The first-order chi connectivity index (χ1) is 11.1. The molecule has 3 aromatic rings. The first kappa shape index (κ1) is 15.9. The van der Waals surface area contributed by atoms with Gasteiger partial charge in [0.05, 0.1) is 22.6 Å². The summed E-state index contributed by atoms with van der Waals surface area (Å²) >= 11 is -1.01. The first-order valence-corrected chi connectivity index (χ1v) is 8.77. The van der Waals surface area contributed by atoms with Gasteiger partial charge in [-0.2, -0.15) is 0 Å². The Kier molecular flexibility index (Phi) is 4.56. The zero-order chi connectivity index (χ0) is 16.4. The number of thiophene rings is 1. The summed E-state index contributed by atoms with van der Waals surface area (Å²) < 4.78 is 37.7. The fourth-order valence-electron chi connectivity index (χ4n) is 2.29. The number of hydrogen-bond donors (Lipinski definition) is 0. The number of hydrogen-bond acceptors (Lipinski definition) is 3. The number of aryl methyl sites for hydroxylation is 1. The van der Waals surface area contributed by atoms with E-state index in [1.807, 2.05) is 19.1 Å². The molecule has 23 heavy (non-hydrogen) atoms. The molecule has 1 unspecified atom stereocenters. The summed E-state index contributed by atoms with van der Waals surface area (Å²) in [4.78, 5) is 0.879. The fraction of sp³-hybridized carbons (Fsp3) is 0.0588. The molecule has 0 amide bonds. The third-order valence-corrected chi connectivity index (χ3v) is 5.10. The Morgan fingerprint density at radius 1 is 1.13 bits per heavy atom. The van der Waals surface area contributed by atoms with E-state index in [4.69, 9.17) is 0 Å². The lowest BCUT2D eigenvalue weighted by atomic mass is 10.2. The second-order valence-electron chi connectivity index (χ2n) is 4.97.